The lowest BCUT2D eigenvalue weighted by molar-refractivity contribution is -0.226. The van der Waals surface area contributed by atoms with Gasteiger partial charge in [-0.1, -0.05) is 11.1 Å². The molecule has 0 aliphatic heterocycles. The summed E-state index contributed by atoms with van der Waals surface area (Å²) >= 11 is 0. The van der Waals surface area contributed by atoms with Gasteiger partial charge in [0, 0.05) is 26.1 Å². The van der Waals surface area contributed by atoms with Crippen molar-refractivity contribution in [2.45, 2.75) is 39.4 Å². The van der Waals surface area contributed by atoms with E-state index in [1.165, 1.54) is 11.1 Å². The van der Waals surface area contributed by atoms with Crippen LogP contribution in [-0.2, 0) is 14.3 Å². The van der Waals surface area contributed by atoms with Crippen molar-refractivity contribution in [3.8, 4) is 0 Å². The fraction of sp³-hybridized carbons (Fsp3) is 0.667. The van der Waals surface area contributed by atoms with Crippen LogP contribution in [-0.4, -0.2) is 25.8 Å². The molecule has 3 heteroatoms. The van der Waals surface area contributed by atoms with Gasteiger partial charge in [-0.3, -0.25) is 4.79 Å². The summed E-state index contributed by atoms with van der Waals surface area (Å²) in [7, 11) is 3.32. The zero-order valence-electron chi connectivity index (χ0n) is 11.9. The van der Waals surface area contributed by atoms with E-state index in [0.29, 0.717) is 0 Å². The third-order valence-electron chi connectivity index (χ3n) is 4.63. The molecule has 2 aliphatic carbocycles. The number of ketones is 1. The lowest BCUT2D eigenvalue weighted by atomic mass is 9.66. The molecule has 0 radical (unpaired) electrons. The van der Waals surface area contributed by atoms with Crippen LogP contribution in [0, 0.1) is 11.8 Å². The molecular weight excluding hydrogens is 228 g/mol. The second-order valence-electron chi connectivity index (χ2n) is 5.49. The van der Waals surface area contributed by atoms with Crippen LogP contribution in [0.2, 0.25) is 0 Å². The first-order valence-electron chi connectivity index (χ1n) is 6.44. The molecule has 0 aromatic heterocycles. The van der Waals surface area contributed by atoms with E-state index in [2.05, 4.69) is 13.8 Å². The second-order valence-corrected chi connectivity index (χ2v) is 5.49. The number of fused-ring (bicyclic) bond motifs is 1. The van der Waals surface area contributed by atoms with Crippen LogP contribution in [0.25, 0.3) is 0 Å². The monoisotopic (exact) mass is 250 g/mol. The summed E-state index contributed by atoms with van der Waals surface area (Å²) in [6.45, 7) is 6.17. The Morgan fingerprint density at radius 2 is 1.67 bits per heavy atom. The number of carbonyl (C=O) groups excluding carboxylic acids is 1. The van der Waals surface area contributed by atoms with Crippen molar-refractivity contribution >= 4 is 5.78 Å². The SMILES string of the molecule is COC1(OC)C(C)=CC(=O)[C@@H]2CC(C)=C(C)C[C@@H]21. The van der Waals surface area contributed by atoms with Crippen LogP contribution in [0.3, 0.4) is 0 Å². The van der Waals surface area contributed by atoms with E-state index in [1.54, 1.807) is 20.3 Å². The van der Waals surface area contributed by atoms with Crippen LogP contribution in [0.1, 0.15) is 33.6 Å². The van der Waals surface area contributed by atoms with Gasteiger partial charge in [-0.15, -0.1) is 0 Å². The van der Waals surface area contributed by atoms with E-state index in [4.69, 9.17) is 9.47 Å². The van der Waals surface area contributed by atoms with Crippen molar-refractivity contribution in [2.24, 2.45) is 11.8 Å². The number of hydrogen-bond acceptors (Lipinski definition) is 3. The molecule has 0 unspecified atom stereocenters. The van der Waals surface area contributed by atoms with E-state index in [-0.39, 0.29) is 17.6 Å². The number of rotatable bonds is 2. The Balaban J connectivity index is 2.49. The van der Waals surface area contributed by atoms with Gasteiger partial charge in [0.1, 0.15) is 0 Å². The molecule has 0 heterocycles. The van der Waals surface area contributed by atoms with Gasteiger partial charge in [-0.25, -0.2) is 0 Å². The van der Waals surface area contributed by atoms with E-state index in [9.17, 15) is 4.79 Å². The smallest absolute Gasteiger partial charge is 0.194 e. The van der Waals surface area contributed by atoms with Gasteiger partial charge in [-0.05, 0) is 45.3 Å². The highest BCUT2D eigenvalue weighted by Gasteiger charge is 2.51. The van der Waals surface area contributed by atoms with E-state index >= 15 is 0 Å². The Morgan fingerprint density at radius 3 is 2.22 bits per heavy atom. The number of hydrogen-bond donors (Lipinski definition) is 0. The van der Waals surface area contributed by atoms with Gasteiger partial charge >= 0.3 is 0 Å². The molecule has 2 atom stereocenters. The van der Waals surface area contributed by atoms with Crippen molar-refractivity contribution in [3.05, 3.63) is 22.8 Å². The maximum atomic E-state index is 12.2. The minimum absolute atomic E-state index is 0.00250. The summed E-state index contributed by atoms with van der Waals surface area (Å²) in [6.07, 6.45) is 3.39. The molecule has 2 rings (SSSR count). The summed E-state index contributed by atoms with van der Waals surface area (Å²) in [5, 5.41) is 0. The normalized spacial score (nSPS) is 31.2. The molecule has 18 heavy (non-hydrogen) atoms. The van der Waals surface area contributed by atoms with Crippen LogP contribution in [0.4, 0.5) is 0 Å². The first-order chi connectivity index (χ1) is 8.46. The molecule has 0 aromatic rings. The summed E-state index contributed by atoms with van der Waals surface area (Å²) in [4.78, 5) is 12.2. The number of allylic oxidation sites excluding steroid dienone is 3. The van der Waals surface area contributed by atoms with Crippen molar-refractivity contribution in [3.63, 3.8) is 0 Å². The predicted molar refractivity (Wildman–Crippen MR) is 70.1 cm³/mol. The molecule has 0 saturated heterocycles. The molecule has 100 valence electrons. The second kappa shape index (κ2) is 4.63. The molecule has 0 aromatic carbocycles. The Labute approximate surface area is 109 Å². The van der Waals surface area contributed by atoms with Gasteiger partial charge in [0.2, 0.25) is 0 Å². The maximum Gasteiger partial charge on any atom is 0.194 e. The third-order valence-corrected chi connectivity index (χ3v) is 4.63. The average molecular weight is 250 g/mol. The highest BCUT2D eigenvalue weighted by molar-refractivity contribution is 5.94. The van der Waals surface area contributed by atoms with Crippen LogP contribution < -0.4 is 0 Å². The molecule has 0 bridgehead atoms. The minimum atomic E-state index is -0.736. The van der Waals surface area contributed by atoms with E-state index < -0.39 is 5.79 Å². The van der Waals surface area contributed by atoms with Crippen molar-refractivity contribution in [1.82, 2.24) is 0 Å². The predicted octanol–water partition coefficient (Wildman–Crippen LogP) is 2.87. The zero-order valence-corrected chi connectivity index (χ0v) is 11.9. The lowest BCUT2D eigenvalue weighted by Gasteiger charge is -2.47. The molecule has 3 nitrogen and oxygen atoms in total. The topological polar surface area (TPSA) is 35.5 Å². The van der Waals surface area contributed by atoms with Crippen molar-refractivity contribution < 1.29 is 14.3 Å². The highest BCUT2D eigenvalue weighted by Crippen LogP contribution is 2.48. The summed E-state index contributed by atoms with van der Waals surface area (Å²) in [5.74, 6) is -0.430. The summed E-state index contributed by atoms with van der Waals surface area (Å²) in [6, 6.07) is 0. The Kier molecular flexibility index (Phi) is 3.47. The summed E-state index contributed by atoms with van der Waals surface area (Å²) in [5.41, 5.74) is 3.57. The van der Waals surface area contributed by atoms with Crippen molar-refractivity contribution in [1.29, 1.82) is 0 Å². The highest BCUT2D eigenvalue weighted by atomic mass is 16.7. The minimum Gasteiger partial charge on any atom is -0.349 e. The molecular formula is C15H22O3. The standard InChI is InChI=1S/C15H22O3/c1-9-6-12-13(7-10(9)2)15(17-4,18-5)11(3)8-14(12)16/h8,12-13H,6-7H2,1-5H3/t12-,13+/m1/s1. The van der Waals surface area contributed by atoms with Crippen LogP contribution in [0.5, 0.6) is 0 Å². The van der Waals surface area contributed by atoms with E-state index in [0.717, 1.165) is 18.4 Å². The van der Waals surface area contributed by atoms with Gasteiger partial charge in [0.05, 0.1) is 0 Å². The fourth-order valence-corrected chi connectivity index (χ4v) is 3.41. The Morgan fingerprint density at radius 1 is 1.11 bits per heavy atom. The van der Waals surface area contributed by atoms with Crippen LogP contribution in [0.15, 0.2) is 22.8 Å². The fourth-order valence-electron chi connectivity index (χ4n) is 3.41. The molecule has 0 N–H and O–H groups in total. The Bertz CT molecular complexity index is 427. The van der Waals surface area contributed by atoms with Gasteiger partial charge in [0.25, 0.3) is 0 Å². The summed E-state index contributed by atoms with van der Waals surface area (Å²) < 4.78 is 11.4. The quantitative estimate of drug-likeness (QED) is 0.558. The van der Waals surface area contributed by atoms with Gasteiger partial charge in [0.15, 0.2) is 11.6 Å². The molecule has 0 spiro atoms. The molecule has 2 aliphatic rings. The van der Waals surface area contributed by atoms with Crippen LogP contribution >= 0.6 is 0 Å². The number of carbonyl (C=O) groups is 1. The number of ether oxygens (including phenoxy) is 2. The number of methoxy groups -OCH3 is 2. The third kappa shape index (κ3) is 1.77. The zero-order chi connectivity index (χ0) is 13.5. The average Bonchev–Trinajstić information content (AvgIpc) is 2.34. The van der Waals surface area contributed by atoms with Crippen molar-refractivity contribution in [2.75, 3.05) is 14.2 Å². The molecule has 0 amide bonds. The first-order valence-corrected chi connectivity index (χ1v) is 6.44. The first kappa shape index (κ1) is 13.5. The lowest BCUT2D eigenvalue weighted by Crippen LogP contribution is -2.52. The Hall–Kier alpha value is -0.930. The molecule has 0 saturated carbocycles. The maximum absolute atomic E-state index is 12.2. The van der Waals surface area contributed by atoms with Gasteiger partial charge < -0.3 is 9.47 Å². The molecule has 0 fully saturated rings. The van der Waals surface area contributed by atoms with E-state index in [1.807, 2.05) is 6.92 Å². The largest absolute Gasteiger partial charge is 0.349 e. The van der Waals surface area contributed by atoms with Gasteiger partial charge in [-0.2, -0.15) is 0 Å².